The second-order valence-corrected chi connectivity index (χ2v) is 8.30. The van der Waals surface area contributed by atoms with Crippen molar-refractivity contribution in [3.8, 4) is 56.4 Å². The highest BCUT2D eigenvalue weighted by Crippen LogP contribution is 2.49. The van der Waals surface area contributed by atoms with Crippen molar-refractivity contribution in [1.29, 1.82) is 0 Å². The fourth-order valence-electron chi connectivity index (χ4n) is 4.32. The van der Waals surface area contributed by atoms with E-state index in [-0.39, 0.29) is 23.0 Å². The molecule has 0 saturated carbocycles. The van der Waals surface area contributed by atoms with Crippen molar-refractivity contribution in [2.45, 2.75) is 27.7 Å². The van der Waals surface area contributed by atoms with E-state index in [1.807, 2.05) is 52.0 Å². The molecule has 0 aromatic heterocycles. The molecule has 0 aliphatic heterocycles. The molecule has 4 heteroatoms. The van der Waals surface area contributed by atoms with Crippen LogP contribution in [0.5, 0.6) is 23.0 Å². The third-order valence-corrected chi connectivity index (χ3v) is 5.98. The number of aryl methyl sites for hydroxylation is 4. The maximum Gasteiger partial charge on any atom is 0.131 e. The van der Waals surface area contributed by atoms with Gasteiger partial charge < -0.3 is 20.4 Å². The Morgan fingerprint density at radius 2 is 0.969 bits per heavy atom. The standard InChI is InChI=1S/C28H26O4/c1-15-8-11-19(23(30)14-15)25-17(3)10-13-21(28(25)32)26-18(4)9-12-20(27(26)31)24-16(2)6-5-7-22(24)29/h5-14,29-32H,1-4H3. The smallest absolute Gasteiger partial charge is 0.131 e. The Bertz CT molecular complexity index is 1330. The Kier molecular flexibility index (Phi) is 5.31. The summed E-state index contributed by atoms with van der Waals surface area (Å²) < 4.78 is 0. The van der Waals surface area contributed by atoms with Gasteiger partial charge in [0.2, 0.25) is 0 Å². The van der Waals surface area contributed by atoms with E-state index in [4.69, 9.17) is 0 Å². The second-order valence-electron chi connectivity index (χ2n) is 8.30. The second kappa shape index (κ2) is 7.97. The summed E-state index contributed by atoms with van der Waals surface area (Å²) in [5.41, 5.74) is 6.33. The van der Waals surface area contributed by atoms with Crippen molar-refractivity contribution < 1.29 is 20.4 Å². The fraction of sp³-hybridized carbons (Fsp3) is 0.143. The molecule has 32 heavy (non-hydrogen) atoms. The molecule has 4 N–H and O–H groups in total. The van der Waals surface area contributed by atoms with E-state index in [2.05, 4.69) is 0 Å². The van der Waals surface area contributed by atoms with E-state index in [0.717, 1.165) is 22.3 Å². The van der Waals surface area contributed by atoms with Crippen molar-refractivity contribution in [3.05, 3.63) is 82.9 Å². The molecular weight excluding hydrogens is 400 g/mol. The predicted molar refractivity (Wildman–Crippen MR) is 128 cm³/mol. The molecule has 0 fully saturated rings. The number of hydrogen-bond acceptors (Lipinski definition) is 4. The molecule has 0 atom stereocenters. The molecular formula is C28H26O4. The van der Waals surface area contributed by atoms with Gasteiger partial charge in [0.05, 0.1) is 0 Å². The molecule has 0 aliphatic rings. The van der Waals surface area contributed by atoms with Gasteiger partial charge in [-0.3, -0.25) is 0 Å². The highest BCUT2D eigenvalue weighted by atomic mass is 16.3. The van der Waals surface area contributed by atoms with E-state index in [1.54, 1.807) is 36.4 Å². The summed E-state index contributed by atoms with van der Waals surface area (Å²) in [5, 5.41) is 43.6. The Hall–Kier alpha value is -3.92. The van der Waals surface area contributed by atoms with Crippen molar-refractivity contribution in [2.24, 2.45) is 0 Å². The van der Waals surface area contributed by atoms with Crippen LogP contribution in [0.4, 0.5) is 0 Å². The number of phenolic OH excluding ortho intramolecular Hbond substituents is 4. The zero-order valence-electron chi connectivity index (χ0n) is 18.6. The molecule has 4 nitrogen and oxygen atoms in total. The quantitative estimate of drug-likeness (QED) is 0.292. The third kappa shape index (κ3) is 3.44. The topological polar surface area (TPSA) is 80.9 Å². The normalized spacial score (nSPS) is 11.0. The van der Waals surface area contributed by atoms with Gasteiger partial charge in [0.15, 0.2) is 0 Å². The van der Waals surface area contributed by atoms with Crippen LogP contribution in [-0.2, 0) is 0 Å². The van der Waals surface area contributed by atoms with Crippen molar-refractivity contribution in [3.63, 3.8) is 0 Å². The molecule has 162 valence electrons. The average molecular weight is 427 g/mol. The van der Waals surface area contributed by atoms with Gasteiger partial charge in [0, 0.05) is 33.4 Å². The minimum absolute atomic E-state index is 0.0197. The van der Waals surface area contributed by atoms with Crippen LogP contribution < -0.4 is 0 Å². The maximum atomic E-state index is 11.3. The Morgan fingerprint density at radius 3 is 1.53 bits per heavy atom. The maximum absolute atomic E-state index is 11.3. The molecule has 0 amide bonds. The van der Waals surface area contributed by atoms with Crippen LogP contribution in [0.15, 0.2) is 60.7 Å². The molecule has 4 rings (SSSR count). The molecule has 0 saturated heterocycles. The first-order valence-corrected chi connectivity index (χ1v) is 10.4. The SMILES string of the molecule is Cc1ccc(-c2c(C)ccc(-c3c(C)ccc(-c4c(C)cccc4O)c3O)c2O)c(O)c1. The molecule has 0 aliphatic carbocycles. The molecule has 0 unspecified atom stereocenters. The van der Waals surface area contributed by atoms with Crippen LogP contribution in [-0.4, -0.2) is 20.4 Å². The van der Waals surface area contributed by atoms with Gasteiger partial charge in [-0.25, -0.2) is 0 Å². The number of phenols is 4. The van der Waals surface area contributed by atoms with Gasteiger partial charge in [0.1, 0.15) is 23.0 Å². The predicted octanol–water partition coefficient (Wildman–Crippen LogP) is 6.74. The summed E-state index contributed by atoms with van der Waals surface area (Å²) in [6, 6.07) is 17.8. The fourth-order valence-corrected chi connectivity index (χ4v) is 4.32. The van der Waals surface area contributed by atoms with Crippen molar-refractivity contribution in [1.82, 2.24) is 0 Å². The van der Waals surface area contributed by atoms with Gasteiger partial charge in [0.25, 0.3) is 0 Å². The van der Waals surface area contributed by atoms with Gasteiger partial charge in [-0.05, 0) is 62.1 Å². The van der Waals surface area contributed by atoms with Gasteiger partial charge >= 0.3 is 0 Å². The first-order valence-electron chi connectivity index (χ1n) is 10.4. The van der Waals surface area contributed by atoms with E-state index in [9.17, 15) is 20.4 Å². The van der Waals surface area contributed by atoms with Gasteiger partial charge in [-0.2, -0.15) is 0 Å². The summed E-state index contributed by atoms with van der Waals surface area (Å²) >= 11 is 0. The van der Waals surface area contributed by atoms with Crippen LogP contribution >= 0.6 is 0 Å². The minimum Gasteiger partial charge on any atom is -0.507 e. The number of hydrogen-bond donors (Lipinski definition) is 4. The lowest BCUT2D eigenvalue weighted by Crippen LogP contribution is -1.94. The molecule has 4 aromatic carbocycles. The summed E-state index contributed by atoms with van der Waals surface area (Å²) in [5.74, 6) is 0.120. The Balaban J connectivity index is 2.00. The Labute approximate surface area is 187 Å². The zero-order chi connectivity index (χ0) is 23.2. The van der Waals surface area contributed by atoms with E-state index >= 15 is 0 Å². The van der Waals surface area contributed by atoms with Crippen molar-refractivity contribution in [2.75, 3.05) is 0 Å². The Morgan fingerprint density at radius 1 is 0.469 bits per heavy atom. The first-order chi connectivity index (χ1) is 15.2. The lowest BCUT2D eigenvalue weighted by molar-refractivity contribution is 0.465. The number of benzene rings is 4. The lowest BCUT2D eigenvalue weighted by atomic mass is 9.88. The largest absolute Gasteiger partial charge is 0.507 e. The van der Waals surface area contributed by atoms with Crippen LogP contribution in [0.1, 0.15) is 22.3 Å². The average Bonchev–Trinajstić information content (AvgIpc) is 2.72. The summed E-state index contributed by atoms with van der Waals surface area (Å²) in [4.78, 5) is 0. The molecule has 0 spiro atoms. The monoisotopic (exact) mass is 426 g/mol. The number of aromatic hydroxyl groups is 4. The van der Waals surface area contributed by atoms with Crippen LogP contribution in [0, 0.1) is 27.7 Å². The molecule has 4 aromatic rings. The lowest BCUT2D eigenvalue weighted by Gasteiger charge is -2.19. The van der Waals surface area contributed by atoms with E-state index in [1.165, 1.54) is 0 Å². The highest BCUT2D eigenvalue weighted by Gasteiger charge is 2.22. The highest BCUT2D eigenvalue weighted by molar-refractivity contribution is 5.93. The van der Waals surface area contributed by atoms with Gasteiger partial charge in [-0.1, -0.05) is 48.5 Å². The van der Waals surface area contributed by atoms with Crippen LogP contribution in [0.3, 0.4) is 0 Å². The third-order valence-electron chi connectivity index (χ3n) is 5.98. The number of rotatable bonds is 3. The molecule has 0 bridgehead atoms. The van der Waals surface area contributed by atoms with Gasteiger partial charge in [-0.15, -0.1) is 0 Å². The zero-order valence-corrected chi connectivity index (χ0v) is 18.6. The summed E-state index contributed by atoms with van der Waals surface area (Å²) in [6.07, 6.45) is 0. The molecule has 0 heterocycles. The minimum atomic E-state index is -0.0205. The summed E-state index contributed by atoms with van der Waals surface area (Å²) in [6.45, 7) is 7.49. The van der Waals surface area contributed by atoms with Crippen LogP contribution in [0.2, 0.25) is 0 Å². The molecule has 0 radical (unpaired) electrons. The van der Waals surface area contributed by atoms with E-state index in [0.29, 0.717) is 33.4 Å². The van der Waals surface area contributed by atoms with E-state index < -0.39 is 0 Å². The van der Waals surface area contributed by atoms with Crippen LogP contribution in [0.25, 0.3) is 33.4 Å². The van der Waals surface area contributed by atoms with Crippen molar-refractivity contribution >= 4 is 0 Å². The first kappa shape index (κ1) is 21.3. The summed E-state index contributed by atoms with van der Waals surface area (Å²) in [7, 11) is 0.